The standard InChI is InChI=1S/C18H21N3O3S2/c1-2-12(22)13-16(23)21-14(18(24)25)15(26-17(13)21)10-5-8-20(9-10)11-3-6-19-7-4-11/h3-4,6-7,10,12-13,17,22H,2,5,8-9H2,1H3,(H,24,25)/t10?,12-,13+,17+/m0/s1. The molecular weight excluding hydrogens is 370 g/mol. The molecule has 0 bridgehead atoms. The second-order valence-electron chi connectivity index (χ2n) is 6.87. The Morgan fingerprint density at radius 3 is 2.85 bits per heavy atom. The van der Waals surface area contributed by atoms with Crippen molar-refractivity contribution in [1.29, 1.82) is 0 Å². The van der Waals surface area contributed by atoms with Crippen LogP contribution in [-0.2, 0) is 9.59 Å². The maximum absolute atomic E-state index is 12.5. The first kappa shape index (κ1) is 17.9. The van der Waals surface area contributed by atoms with E-state index < -0.39 is 12.0 Å². The fourth-order valence-corrected chi connectivity index (χ4v) is 6.04. The third-order valence-corrected chi connectivity index (χ3v) is 7.17. The number of aliphatic hydroxyl groups excluding tert-OH is 1. The molecular formula is C18H21N3O3S2. The molecule has 0 aromatic carbocycles. The van der Waals surface area contributed by atoms with Crippen molar-refractivity contribution in [2.45, 2.75) is 31.2 Å². The molecule has 3 aliphatic heterocycles. The van der Waals surface area contributed by atoms with E-state index in [9.17, 15) is 14.7 Å². The van der Waals surface area contributed by atoms with E-state index in [1.54, 1.807) is 29.1 Å². The highest BCUT2D eigenvalue weighted by molar-refractivity contribution is 8.04. The van der Waals surface area contributed by atoms with Gasteiger partial charge in [0, 0.05) is 42.0 Å². The van der Waals surface area contributed by atoms with Crippen LogP contribution in [0, 0.1) is 11.8 Å². The summed E-state index contributed by atoms with van der Waals surface area (Å²) in [6.45, 7) is 3.56. The van der Waals surface area contributed by atoms with Crippen molar-refractivity contribution < 1.29 is 14.7 Å². The topological polar surface area (TPSA) is 73.7 Å². The summed E-state index contributed by atoms with van der Waals surface area (Å²) in [4.78, 5) is 33.5. The molecule has 8 heteroatoms. The zero-order valence-electron chi connectivity index (χ0n) is 14.4. The molecule has 138 valence electrons. The van der Waals surface area contributed by atoms with Gasteiger partial charge in [-0.1, -0.05) is 19.6 Å². The lowest BCUT2D eigenvalue weighted by Gasteiger charge is -2.44. The van der Waals surface area contributed by atoms with Crippen molar-refractivity contribution in [3.05, 3.63) is 35.1 Å². The normalized spacial score (nSPS) is 29.0. The second kappa shape index (κ2) is 6.90. The van der Waals surface area contributed by atoms with Gasteiger partial charge in [-0.05, 0) is 25.0 Å². The minimum atomic E-state index is -0.663. The average Bonchev–Trinajstić information content (AvgIpc) is 3.25. The van der Waals surface area contributed by atoms with Crippen LogP contribution in [0.5, 0.6) is 0 Å². The van der Waals surface area contributed by atoms with Gasteiger partial charge in [0.15, 0.2) is 0 Å². The number of rotatable bonds is 5. The predicted molar refractivity (Wildman–Crippen MR) is 104 cm³/mol. The largest absolute Gasteiger partial charge is 0.392 e. The number of β-lactam (4-membered cyclic amide) rings is 1. The fourth-order valence-electron chi connectivity index (χ4n) is 4.02. The summed E-state index contributed by atoms with van der Waals surface area (Å²) >= 11 is 5.59. The summed E-state index contributed by atoms with van der Waals surface area (Å²) in [5.74, 6) is -0.395. The molecule has 1 aromatic rings. The zero-order valence-corrected chi connectivity index (χ0v) is 16.1. The van der Waals surface area contributed by atoms with Crippen molar-refractivity contribution >= 4 is 41.1 Å². The Balaban J connectivity index is 1.57. The van der Waals surface area contributed by atoms with Crippen LogP contribution in [0.25, 0.3) is 0 Å². The Morgan fingerprint density at radius 1 is 1.46 bits per heavy atom. The molecule has 1 unspecified atom stereocenters. The smallest absolute Gasteiger partial charge is 0.236 e. The van der Waals surface area contributed by atoms with Crippen molar-refractivity contribution in [2.24, 2.45) is 11.8 Å². The van der Waals surface area contributed by atoms with E-state index in [1.165, 1.54) is 0 Å². The molecule has 4 heterocycles. The number of aliphatic hydroxyl groups is 1. The highest BCUT2D eigenvalue weighted by atomic mass is 32.2. The third kappa shape index (κ3) is 2.75. The van der Waals surface area contributed by atoms with Gasteiger partial charge in [0.25, 0.3) is 0 Å². The molecule has 2 saturated heterocycles. The van der Waals surface area contributed by atoms with Crippen LogP contribution in [0.1, 0.15) is 19.8 Å². The Bertz CT molecular complexity index is 770. The van der Waals surface area contributed by atoms with Gasteiger partial charge in [-0.25, -0.2) is 0 Å². The van der Waals surface area contributed by atoms with E-state index in [2.05, 4.69) is 22.5 Å². The number of thioether (sulfide) groups is 1. The molecule has 4 atom stereocenters. The van der Waals surface area contributed by atoms with E-state index in [-0.39, 0.29) is 22.3 Å². The first-order valence-electron chi connectivity index (χ1n) is 8.83. The van der Waals surface area contributed by atoms with Crippen molar-refractivity contribution in [3.63, 3.8) is 0 Å². The highest BCUT2D eigenvalue weighted by Gasteiger charge is 2.58. The molecule has 1 N–H and O–H groups in total. The summed E-state index contributed by atoms with van der Waals surface area (Å²) in [6, 6.07) is 3.96. The Hall–Kier alpha value is -1.51. The Kier molecular flexibility index (Phi) is 4.75. The monoisotopic (exact) mass is 391 g/mol. The van der Waals surface area contributed by atoms with Crippen LogP contribution >= 0.6 is 24.4 Å². The zero-order chi connectivity index (χ0) is 18.4. The van der Waals surface area contributed by atoms with Gasteiger partial charge in [-0.15, -0.1) is 11.8 Å². The number of anilines is 1. The number of carbonyl (C=O) groups is 2. The van der Waals surface area contributed by atoms with Gasteiger partial charge >= 0.3 is 0 Å². The molecule has 4 rings (SSSR count). The summed E-state index contributed by atoms with van der Waals surface area (Å²) in [5, 5.41) is 9.63. The van der Waals surface area contributed by atoms with E-state index in [4.69, 9.17) is 0 Å². The van der Waals surface area contributed by atoms with Gasteiger partial charge in [0.1, 0.15) is 11.1 Å². The number of carbonyl (C=O) groups excluding carboxylic acids is 2. The van der Waals surface area contributed by atoms with Gasteiger partial charge < -0.3 is 10.0 Å². The van der Waals surface area contributed by atoms with Gasteiger partial charge in [-0.3, -0.25) is 19.5 Å². The van der Waals surface area contributed by atoms with Gasteiger partial charge in [0.2, 0.25) is 11.0 Å². The molecule has 0 spiro atoms. The number of aromatic nitrogens is 1. The molecule has 0 saturated carbocycles. The SMILES string of the molecule is CC[C@H](O)[C@@H]1C(=O)N2C(C(=O)S)=C(C3CCN(c4ccncc4)C3)S[C@H]12. The third-order valence-electron chi connectivity index (χ3n) is 5.43. The lowest BCUT2D eigenvalue weighted by Crippen LogP contribution is -2.61. The number of fused-ring (bicyclic) bond motifs is 1. The van der Waals surface area contributed by atoms with Gasteiger partial charge in [0.05, 0.1) is 12.0 Å². The molecule has 6 nitrogen and oxygen atoms in total. The van der Waals surface area contributed by atoms with Crippen LogP contribution in [0.4, 0.5) is 5.69 Å². The van der Waals surface area contributed by atoms with Crippen LogP contribution in [0.3, 0.4) is 0 Å². The molecule has 0 aliphatic carbocycles. The predicted octanol–water partition coefficient (Wildman–Crippen LogP) is 1.88. The summed E-state index contributed by atoms with van der Waals surface area (Å²) in [5.41, 5.74) is 1.54. The number of thiol groups is 1. The highest BCUT2D eigenvalue weighted by Crippen LogP contribution is 2.54. The quantitative estimate of drug-likeness (QED) is 0.590. The van der Waals surface area contributed by atoms with E-state index in [0.29, 0.717) is 12.1 Å². The molecule has 2 fully saturated rings. The van der Waals surface area contributed by atoms with E-state index in [1.807, 2.05) is 19.1 Å². The van der Waals surface area contributed by atoms with Crippen LogP contribution in [0.2, 0.25) is 0 Å². The maximum Gasteiger partial charge on any atom is 0.236 e. The Morgan fingerprint density at radius 2 is 2.19 bits per heavy atom. The fraction of sp³-hybridized carbons (Fsp3) is 0.500. The second-order valence-corrected chi connectivity index (χ2v) is 8.44. The summed E-state index contributed by atoms with van der Waals surface area (Å²) in [7, 11) is 0. The Labute approximate surface area is 162 Å². The first-order valence-corrected chi connectivity index (χ1v) is 10.2. The molecule has 0 radical (unpaired) electrons. The summed E-state index contributed by atoms with van der Waals surface area (Å²) < 4.78 is 0. The van der Waals surface area contributed by atoms with Crippen molar-refractivity contribution in [2.75, 3.05) is 18.0 Å². The minimum absolute atomic E-state index is 0.159. The molecule has 1 aromatic heterocycles. The van der Waals surface area contributed by atoms with Crippen LogP contribution in [-0.4, -0.2) is 50.6 Å². The van der Waals surface area contributed by atoms with E-state index in [0.717, 1.165) is 30.1 Å². The number of amides is 1. The first-order chi connectivity index (χ1) is 12.5. The maximum atomic E-state index is 12.5. The molecule has 26 heavy (non-hydrogen) atoms. The molecule has 1 amide bonds. The van der Waals surface area contributed by atoms with Crippen LogP contribution in [0.15, 0.2) is 35.1 Å². The summed E-state index contributed by atoms with van der Waals surface area (Å²) in [6.07, 6.45) is 4.33. The number of nitrogens with zero attached hydrogens (tertiary/aromatic N) is 3. The number of hydrogen-bond acceptors (Lipinski definition) is 6. The number of pyridine rings is 1. The molecule has 3 aliphatic rings. The average molecular weight is 392 g/mol. The lowest BCUT2D eigenvalue weighted by atomic mass is 9.89. The number of hydrogen-bond donors (Lipinski definition) is 2. The lowest BCUT2D eigenvalue weighted by molar-refractivity contribution is -0.154. The minimum Gasteiger partial charge on any atom is -0.392 e. The van der Waals surface area contributed by atoms with Crippen molar-refractivity contribution in [3.8, 4) is 0 Å². The van der Waals surface area contributed by atoms with Crippen LogP contribution < -0.4 is 4.90 Å². The van der Waals surface area contributed by atoms with Gasteiger partial charge in [-0.2, -0.15) is 0 Å². The van der Waals surface area contributed by atoms with E-state index >= 15 is 0 Å². The van der Waals surface area contributed by atoms with Crippen molar-refractivity contribution in [1.82, 2.24) is 9.88 Å².